The van der Waals surface area contributed by atoms with E-state index in [2.05, 4.69) is 17.3 Å². The molecule has 2 saturated carbocycles. The standard InChI is InChI=1S/C24H20N2O5/c1-30-24(29)13-4-2-3-12(9-13)19-8-5-14(31-19)11-25-26-22(27)20-15-6-7-16(18-10-17(15)18)21(20)23(26)28/h2-9,11,15-18,20-21H,10H2,1H3/b25-11-/t15-,16-,17-,18+,20-,21-/m1/s1. The summed E-state index contributed by atoms with van der Waals surface area (Å²) in [6.45, 7) is 0. The van der Waals surface area contributed by atoms with Crippen LogP contribution < -0.4 is 0 Å². The van der Waals surface area contributed by atoms with Crippen LogP contribution in [0.15, 0.2) is 58.1 Å². The number of esters is 1. The third kappa shape index (κ3) is 2.65. The summed E-state index contributed by atoms with van der Waals surface area (Å²) < 4.78 is 10.6. The predicted octanol–water partition coefficient (Wildman–Crippen LogP) is 3.12. The van der Waals surface area contributed by atoms with Crippen LogP contribution in [0.25, 0.3) is 11.3 Å². The number of carbonyl (C=O) groups is 3. The maximum atomic E-state index is 13.0. The summed E-state index contributed by atoms with van der Waals surface area (Å²) in [5.41, 5.74) is 1.13. The zero-order chi connectivity index (χ0) is 21.3. The maximum absolute atomic E-state index is 13.0. The van der Waals surface area contributed by atoms with Gasteiger partial charge in [0.15, 0.2) is 0 Å². The molecule has 2 amide bonds. The summed E-state index contributed by atoms with van der Waals surface area (Å²) in [5, 5.41) is 5.23. The number of nitrogens with zero attached hydrogens (tertiary/aromatic N) is 2. The van der Waals surface area contributed by atoms with Crippen molar-refractivity contribution >= 4 is 24.0 Å². The molecule has 7 heteroatoms. The molecule has 2 heterocycles. The van der Waals surface area contributed by atoms with Gasteiger partial charge in [-0.1, -0.05) is 24.3 Å². The second-order valence-electron chi connectivity index (χ2n) is 8.66. The number of hydrogen-bond acceptors (Lipinski definition) is 6. The van der Waals surface area contributed by atoms with Gasteiger partial charge in [-0.2, -0.15) is 10.1 Å². The van der Waals surface area contributed by atoms with E-state index in [-0.39, 0.29) is 35.5 Å². The molecule has 2 bridgehead atoms. The molecule has 0 N–H and O–H groups in total. The molecule has 0 unspecified atom stereocenters. The number of hydrogen-bond donors (Lipinski definition) is 0. The third-order valence-corrected chi connectivity index (χ3v) is 7.13. The summed E-state index contributed by atoms with van der Waals surface area (Å²) in [6, 6.07) is 10.4. The molecular formula is C24H20N2O5. The van der Waals surface area contributed by atoms with Crippen LogP contribution in [0.2, 0.25) is 0 Å². The SMILES string of the molecule is COC(=O)c1cccc(-c2ccc(/C=N\N3C(=O)[C@@H]4[C@@H]5C=C[C@H]([C@@H]6C[C@H]56)[C@H]4C3=O)o2)c1. The Hall–Kier alpha value is -3.48. The Balaban J connectivity index is 1.22. The number of rotatable bonds is 4. The van der Waals surface area contributed by atoms with E-state index >= 15 is 0 Å². The van der Waals surface area contributed by atoms with Gasteiger partial charge in [0.25, 0.3) is 11.8 Å². The van der Waals surface area contributed by atoms with Gasteiger partial charge in [-0.05, 0) is 54.4 Å². The molecule has 3 fully saturated rings. The lowest BCUT2D eigenvalue weighted by molar-refractivity contribution is -0.140. The fourth-order valence-electron chi connectivity index (χ4n) is 5.66. The highest BCUT2D eigenvalue weighted by Crippen LogP contribution is 2.65. The Morgan fingerprint density at radius 1 is 1.10 bits per heavy atom. The molecule has 2 aromatic rings. The molecule has 156 valence electrons. The zero-order valence-corrected chi connectivity index (χ0v) is 16.8. The van der Waals surface area contributed by atoms with Crippen molar-refractivity contribution in [2.45, 2.75) is 6.42 Å². The number of methoxy groups -OCH3 is 1. The Kier molecular flexibility index (Phi) is 3.84. The number of imide groups is 1. The van der Waals surface area contributed by atoms with Gasteiger partial charge in [0.1, 0.15) is 11.5 Å². The first-order valence-electron chi connectivity index (χ1n) is 10.5. The van der Waals surface area contributed by atoms with E-state index in [1.807, 2.05) is 6.07 Å². The third-order valence-electron chi connectivity index (χ3n) is 7.13. The molecule has 4 aliphatic carbocycles. The zero-order valence-electron chi connectivity index (χ0n) is 16.8. The van der Waals surface area contributed by atoms with E-state index in [1.165, 1.54) is 13.3 Å². The average molecular weight is 416 g/mol. The van der Waals surface area contributed by atoms with E-state index in [4.69, 9.17) is 9.15 Å². The van der Waals surface area contributed by atoms with Gasteiger partial charge in [0.05, 0.1) is 30.7 Å². The van der Waals surface area contributed by atoms with E-state index in [9.17, 15) is 14.4 Å². The van der Waals surface area contributed by atoms with Crippen molar-refractivity contribution in [1.82, 2.24) is 5.01 Å². The van der Waals surface area contributed by atoms with Crippen LogP contribution in [0.5, 0.6) is 0 Å². The van der Waals surface area contributed by atoms with E-state index in [1.54, 1.807) is 30.3 Å². The highest BCUT2D eigenvalue weighted by molar-refractivity contribution is 6.06. The number of allylic oxidation sites excluding steroid dienone is 2. The van der Waals surface area contributed by atoms with E-state index < -0.39 is 5.97 Å². The van der Waals surface area contributed by atoms with Crippen molar-refractivity contribution in [3.05, 3.63) is 59.9 Å². The molecule has 1 aliphatic heterocycles. The van der Waals surface area contributed by atoms with E-state index in [0.717, 1.165) is 11.4 Å². The van der Waals surface area contributed by atoms with Crippen molar-refractivity contribution in [1.29, 1.82) is 0 Å². The maximum Gasteiger partial charge on any atom is 0.337 e. The van der Waals surface area contributed by atoms with Crippen LogP contribution in [0.3, 0.4) is 0 Å². The Bertz CT molecular complexity index is 1140. The quantitative estimate of drug-likeness (QED) is 0.331. The first kappa shape index (κ1) is 18.3. The molecule has 31 heavy (non-hydrogen) atoms. The molecule has 5 aliphatic rings. The highest BCUT2D eigenvalue weighted by atomic mass is 16.5. The molecule has 0 spiro atoms. The minimum absolute atomic E-state index is 0.175. The number of benzene rings is 1. The second kappa shape index (κ2) is 6.51. The highest BCUT2D eigenvalue weighted by Gasteiger charge is 2.67. The Morgan fingerprint density at radius 3 is 2.48 bits per heavy atom. The van der Waals surface area contributed by atoms with Gasteiger partial charge in [-0.15, -0.1) is 0 Å². The number of hydrazone groups is 1. The van der Waals surface area contributed by atoms with Crippen molar-refractivity contribution in [3.8, 4) is 11.3 Å². The molecule has 1 saturated heterocycles. The lowest BCUT2D eigenvalue weighted by atomic mass is 9.63. The van der Waals surface area contributed by atoms with Gasteiger partial charge >= 0.3 is 5.97 Å². The fraction of sp³-hybridized carbons (Fsp3) is 0.333. The number of furan rings is 1. The van der Waals surface area contributed by atoms with Crippen molar-refractivity contribution in [2.75, 3.05) is 7.11 Å². The average Bonchev–Trinajstić information content (AvgIpc) is 3.44. The van der Waals surface area contributed by atoms with Crippen molar-refractivity contribution in [2.24, 2.45) is 40.6 Å². The lowest BCUT2D eigenvalue weighted by Crippen LogP contribution is -2.40. The minimum atomic E-state index is -0.427. The van der Waals surface area contributed by atoms with Crippen LogP contribution >= 0.6 is 0 Å². The number of amides is 2. The number of carbonyl (C=O) groups excluding carboxylic acids is 3. The largest absolute Gasteiger partial charge is 0.465 e. The topological polar surface area (TPSA) is 89.2 Å². The van der Waals surface area contributed by atoms with Crippen LogP contribution in [0.4, 0.5) is 0 Å². The van der Waals surface area contributed by atoms with Gasteiger partial charge in [0, 0.05) is 5.56 Å². The molecule has 1 aromatic carbocycles. The molecule has 7 rings (SSSR count). The van der Waals surface area contributed by atoms with Crippen LogP contribution in [0, 0.1) is 35.5 Å². The molecule has 1 aromatic heterocycles. The monoisotopic (exact) mass is 416 g/mol. The lowest BCUT2D eigenvalue weighted by Gasteiger charge is -2.37. The van der Waals surface area contributed by atoms with Gasteiger partial charge in [0.2, 0.25) is 0 Å². The van der Waals surface area contributed by atoms with Crippen molar-refractivity contribution < 1.29 is 23.5 Å². The van der Waals surface area contributed by atoms with Gasteiger partial charge in [-0.25, -0.2) is 4.79 Å². The smallest absolute Gasteiger partial charge is 0.337 e. The summed E-state index contributed by atoms with van der Waals surface area (Å²) in [6.07, 6.45) is 6.81. The van der Waals surface area contributed by atoms with Crippen molar-refractivity contribution in [3.63, 3.8) is 0 Å². The summed E-state index contributed by atoms with van der Waals surface area (Å²) >= 11 is 0. The molecular weight excluding hydrogens is 396 g/mol. The normalized spacial score (nSPS) is 32.5. The number of ether oxygens (including phenoxy) is 1. The molecule has 0 radical (unpaired) electrons. The second-order valence-corrected chi connectivity index (χ2v) is 8.66. The van der Waals surface area contributed by atoms with Crippen LogP contribution in [0.1, 0.15) is 22.5 Å². The minimum Gasteiger partial charge on any atom is -0.465 e. The summed E-state index contributed by atoms with van der Waals surface area (Å²) in [7, 11) is 1.33. The van der Waals surface area contributed by atoms with Crippen LogP contribution in [-0.2, 0) is 14.3 Å². The first-order valence-corrected chi connectivity index (χ1v) is 10.5. The first-order chi connectivity index (χ1) is 15.1. The van der Waals surface area contributed by atoms with Gasteiger partial charge in [-0.3, -0.25) is 9.59 Å². The predicted molar refractivity (Wildman–Crippen MR) is 110 cm³/mol. The van der Waals surface area contributed by atoms with Gasteiger partial charge < -0.3 is 9.15 Å². The Morgan fingerprint density at radius 2 is 1.81 bits per heavy atom. The van der Waals surface area contributed by atoms with Crippen LogP contribution in [-0.4, -0.2) is 36.1 Å². The van der Waals surface area contributed by atoms with E-state index in [0.29, 0.717) is 34.5 Å². The molecule has 6 atom stereocenters. The molecule has 7 nitrogen and oxygen atoms in total. The summed E-state index contributed by atoms with van der Waals surface area (Å²) in [4.78, 5) is 37.7. The Labute approximate surface area is 178 Å². The summed E-state index contributed by atoms with van der Waals surface area (Å²) in [5.74, 6) is 1.07. The fourth-order valence-corrected chi connectivity index (χ4v) is 5.66.